The zero-order valence-corrected chi connectivity index (χ0v) is 22.9. The number of carbonyl (C=O) groups excluding carboxylic acids is 3. The van der Waals surface area contributed by atoms with Gasteiger partial charge in [-0.15, -0.1) is 0 Å². The van der Waals surface area contributed by atoms with Gasteiger partial charge in [-0.2, -0.15) is 0 Å². The Hall–Kier alpha value is -2.05. The molecule has 0 N–H and O–H groups in total. The summed E-state index contributed by atoms with van der Waals surface area (Å²) in [7, 11) is 0. The summed E-state index contributed by atoms with van der Waals surface area (Å²) in [6.07, 6.45) is 20.3. The number of carbonyl (C=O) groups is 3. The largest absolute Gasteiger partial charge is 0.466 e. The molecule has 0 heterocycles. The van der Waals surface area contributed by atoms with Gasteiger partial charge in [0.1, 0.15) is 18.8 Å². The fraction of sp³-hybridized carbons (Fsp3) is 0.821. The van der Waals surface area contributed by atoms with Gasteiger partial charge in [0.15, 0.2) is 0 Å². The summed E-state index contributed by atoms with van der Waals surface area (Å²) in [6, 6.07) is 0. The molecule has 7 nitrogen and oxygen atoms in total. The molecule has 0 rings (SSSR count). The van der Waals surface area contributed by atoms with Gasteiger partial charge in [0.2, 0.25) is 0 Å². The van der Waals surface area contributed by atoms with Gasteiger partial charge in [0, 0.05) is 6.42 Å². The number of hydrogen-bond donors (Lipinski definition) is 0. The van der Waals surface area contributed by atoms with Crippen LogP contribution in [0.5, 0.6) is 0 Å². The lowest BCUT2D eigenvalue weighted by Gasteiger charge is -2.27. The van der Waals surface area contributed by atoms with E-state index in [1.807, 2.05) is 0 Å². The molecule has 35 heavy (non-hydrogen) atoms. The lowest BCUT2D eigenvalue weighted by atomic mass is 10.1. The lowest BCUT2D eigenvalue weighted by molar-refractivity contribution is -0.144. The maximum absolute atomic E-state index is 12.3. The Morgan fingerprint density at radius 3 is 1.89 bits per heavy atom. The van der Waals surface area contributed by atoms with Gasteiger partial charge in [0.25, 0.3) is 6.47 Å². The molecule has 0 radical (unpaired) electrons. The molecular formula is C28H51NO6. The number of esters is 1. The Balaban J connectivity index is 3.78. The highest BCUT2D eigenvalue weighted by molar-refractivity contribution is 5.70. The first kappa shape index (κ1) is 33.0. The van der Waals surface area contributed by atoms with Gasteiger partial charge < -0.3 is 19.1 Å². The van der Waals surface area contributed by atoms with Gasteiger partial charge in [-0.1, -0.05) is 70.4 Å². The van der Waals surface area contributed by atoms with Crippen LogP contribution in [0, 0.1) is 0 Å². The van der Waals surface area contributed by atoms with Crippen LogP contribution in [0.4, 0.5) is 4.79 Å². The molecule has 1 amide bonds. The molecular weight excluding hydrogens is 446 g/mol. The Bertz CT molecular complexity index is 570. The summed E-state index contributed by atoms with van der Waals surface area (Å²) in [5.41, 5.74) is -0.638. The van der Waals surface area contributed by atoms with Crippen LogP contribution < -0.4 is 0 Å². The Labute approximate surface area is 213 Å². The number of unbranched alkanes of at least 4 members (excludes halogenated alkanes) is 11. The van der Waals surface area contributed by atoms with E-state index in [9.17, 15) is 14.4 Å². The maximum atomic E-state index is 12.3. The van der Waals surface area contributed by atoms with E-state index >= 15 is 0 Å². The fourth-order valence-corrected chi connectivity index (χ4v) is 3.51. The number of hydrogen-bond acceptors (Lipinski definition) is 6. The van der Waals surface area contributed by atoms with Crippen LogP contribution in [-0.2, 0) is 23.8 Å². The molecule has 0 aromatic carbocycles. The summed E-state index contributed by atoms with van der Waals surface area (Å²) in [6.45, 7) is 8.43. The predicted octanol–water partition coefficient (Wildman–Crippen LogP) is 6.98. The molecule has 0 saturated carbocycles. The van der Waals surface area contributed by atoms with Crippen molar-refractivity contribution in [2.24, 2.45) is 0 Å². The van der Waals surface area contributed by atoms with Crippen molar-refractivity contribution < 1.29 is 28.6 Å². The second-order valence-electron chi connectivity index (χ2n) is 9.99. The zero-order chi connectivity index (χ0) is 26.2. The number of rotatable bonds is 22. The first-order chi connectivity index (χ1) is 16.8. The maximum Gasteiger partial charge on any atom is 0.410 e. The average Bonchev–Trinajstić information content (AvgIpc) is 2.79. The predicted molar refractivity (Wildman–Crippen MR) is 140 cm³/mol. The third-order valence-electron chi connectivity index (χ3n) is 5.47. The van der Waals surface area contributed by atoms with Crippen molar-refractivity contribution in [3.63, 3.8) is 0 Å². The molecule has 0 unspecified atom stereocenters. The fourth-order valence-electron chi connectivity index (χ4n) is 3.51. The molecule has 204 valence electrons. The minimum atomic E-state index is -0.638. The van der Waals surface area contributed by atoms with E-state index in [4.69, 9.17) is 9.47 Å². The highest BCUT2D eigenvalue weighted by Gasteiger charge is 2.22. The van der Waals surface area contributed by atoms with Crippen molar-refractivity contribution in [2.45, 2.75) is 123 Å². The molecule has 0 saturated heterocycles. The van der Waals surface area contributed by atoms with E-state index in [1.54, 1.807) is 20.8 Å². The highest BCUT2D eigenvalue weighted by Crippen LogP contribution is 2.11. The molecule has 0 aliphatic carbocycles. The highest BCUT2D eigenvalue weighted by atomic mass is 16.6. The summed E-state index contributed by atoms with van der Waals surface area (Å²) < 4.78 is 15.3. The van der Waals surface area contributed by atoms with Gasteiger partial charge in [-0.05, 0) is 52.9 Å². The van der Waals surface area contributed by atoms with Crippen LogP contribution in [0.1, 0.15) is 118 Å². The SMILES string of the molecule is CCCCCCCC/C=C\CCCCCCCC(=O)OCCN(CCOC=O)C(=O)OC(C)(C)C. The minimum absolute atomic E-state index is 0.0611. The summed E-state index contributed by atoms with van der Waals surface area (Å²) >= 11 is 0. The lowest BCUT2D eigenvalue weighted by Crippen LogP contribution is -2.40. The molecule has 0 aliphatic heterocycles. The molecule has 0 spiro atoms. The van der Waals surface area contributed by atoms with Crippen molar-refractivity contribution in [3.05, 3.63) is 12.2 Å². The van der Waals surface area contributed by atoms with E-state index in [0.29, 0.717) is 12.9 Å². The Morgan fingerprint density at radius 1 is 0.771 bits per heavy atom. The van der Waals surface area contributed by atoms with Crippen LogP contribution in [0.15, 0.2) is 12.2 Å². The minimum Gasteiger partial charge on any atom is -0.466 e. The van der Waals surface area contributed by atoms with E-state index in [2.05, 4.69) is 23.8 Å². The molecule has 7 heteroatoms. The normalized spacial score (nSPS) is 11.4. The first-order valence-corrected chi connectivity index (χ1v) is 13.6. The van der Waals surface area contributed by atoms with E-state index < -0.39 is 11.7 Å². The molecule has 0 bridgehead atoms. The second-order valence-corrected chi connectivity index (χ2v) is 9.99. The van der Waals surface area contributed by atoms with Crippen molar-refractivity contribution in [2.75, 3.05) is 26.3 Å². The summed E-state index contributed by atoms with van der Waals surface area (Å²) in [4.78, 5) is 36.0. The van der Waals surface area contributed by atoms with Gasteiger partial charge in [-0.3, -0.25) is 9.59 Å². The number of allylic oxidation sites excluding steroid dienone is 2. The van der Waals surface area contributed by atoms with Crippen LogP contribution >= 0.6 is 0 Å². The van der Waals surface area contributed by atoms with Gasteiger partial charge in [-0.25, -0.2) is 4.79 Å². The van der Waals surface area contributed by atoms with Crippen molar-refractivity contribution in [1.82, 2.24) is 4.90 Å². The van der Waals surface area contributed by atoms with E-state index in [1.165, 1.54) is 62.7 Å². The quantitative estimate of drug-likeness (QED) is 0.0528. The third-order valence-corrected chi connectivity index (χ3v) is 5.47. The van der Waals surface area contributed by atoms with Gasteiger partial charge in [0.05, 0.1) is 13.1 Å². The van der Waals surface area contributed by atoms with Crippen LogP contribution in [0.2, 0.25) is 0 Å². The Morgan fingerprint density at radius 2 is 1.31 bits per heavy atom. The number of ether oxygens (including phenoxy) is 3. The van der Waals surface area contributed by atoms with Gasteiger partial charge >= 0.3 is 12.1 Å². The number of amides is 1. The van der Waals surface area contributed by atoms with Crippen LogP contribution in [-0.4, -0.2) is 55.3 Å². The smallest absolute Gasteiger partial charge is 0.410 e. The standard InChI is InChI=1S/C28H51NO6/c1-5-6-7-8-9-10-11-12-13-14-15-16-17-18-19-20-26(31)34-24-22-29(21-23-33-25-30)27(32)35-28(2,3)4/h12-13,25H,5-11,14-24H2,1-4H3/b13-12-. The van der Waals surface area contributed by atoms with Crippen molar-refractivity contribution in [3.8, 4) is 0 Å². The Kier molecular flexibility index (Phi) is 21.1. The van der Waals surface area contributed by atoms with Crippen LogP contribution in [0.25, 0.3) is 0 Å². The molecule has 0 aromatic rings. The topological polar surface area (TPSA) is 82.1 Å². The zero-order valence-electron chi connectivity index (χ0n) is 22.9. The van der Waals surface area contributed by atoms with Crippen molar-refractivity contribution in [1.29, 1.82) is 0 Å². The third kappa shape index (κ3) is 23.5. The first-order valence-electron chi connectivity index (χ1n) is 13.6. The van der Waals surface area contributed by atoms with Crippen LogP contribution in [0.3, 0.4) is 0 Å². The summed E-state index contributed by atoms with van der Waals surface area (Å²) in [5.74, 6) is -0.254. The van der Waals surface area contributed by atoms with E-state index in [0.717, 1.165) is 25.7 Å². The monoisotopic (exact) mass is 497 g/mol. The molecule has 0 aromatic heterocycles. The number of nitrogens with zero attached hydrogens (tertiary/aromatic N) is 1. The molecule has 0 aliphatic rings. The molecule has 0 fully saturated rings. The van der Waals surface area contributed by atoms with Crippen molar-refractivity contribution >= 4 is 18.5 Å². The average molecular weight is 498 g/mol. The summed E-state index contributed by atoms with van der Waals surface area (Å²) in [5, 5.41) is 0. The molecule has 0 atom stereocenters. The van der Waals surface area contributed by atoms with E-state index in [-0.39, 0.29) is 32.3 Å². The second kappa shape index (κ2) is 22.4.